The van der Waals surface area contributed by atoms with Crippen molar-refractivity contribution in [2.24, 2.45) is 0 Å². The van der Waals surface area contributed by atoms with Crippen LogP contribution in [0.25, 0.3) is 10.9 Å². The zero-order chi connectivity index (χ0) is 17.6. The summed E-state index contributed by atoms with van der Waals surface area (Å²) in [7, 11) is 5.46. The lowest BCUT2D eigenvalue weighted by Gasteiger charge is -2.31. The van der Waals surface area contributed by atoms with Gasteiger partial charge < -0.3 is 10.2 Å². The highest BCUT2D eigenvalue weighted by Crippen LogP contribution is 2.19. The molecule has 0 unspecified atom stereocenters. The molecular formula is C17H25BFNO2. The van der Waals surface area contributed by atoms with Gasteiger partial charge in [0.1, 0.15) is 19.2 Å². The van der Waals surface area contributed by atoms with Gasteiger partial charge in [-0.25, -0.2) is 4.39 Å². The summed E-state index contributed by atoms with van der Waals surface area (Å²) in [6.07, 6.45) is 1.56. The van der Waals surface area contributed by atoms with E-state index >= 15 is 0 Å². The fourth-order valence-electron chi connectivity index (χ4n) is 1.17. The van der Waals surface area contributed by atoms with Crippen LogP contribution >= 0.6 is 0 Å². The Kier molecular flexibility index (Phi) is 7.70. The van der Waals surface area contributed by atoms with Crippen LogP contribution in [-0.2, 0) is 0 Å². The lowest BCUT2D eigenvalue weighted by atomic mass is 9.90. The Bertz CT molecular complexity index is 577. The zero-order valence-corrected chi connectivity index (χ0v) is 14.2. The lowest BCUT2D eigenvalue weighted by Crippen LogP contribution is -2.44. The lowest BCUT2D eigenvalue weighted by molar-refractivity contribution is -0.107. The number of nitrogens with zero attached hydrogens (tertiary/aromatic N) is 1. The van der Waals surface area contributed by atoms with Gasteiger partial charge >= 0.3 is 0 Å². The quantitative estimate of drug-likeness (QED) is 0.797. The highest BCUT2D eigenvalue weighted by Gasteiger charge is 2.31. The number of pyridine rings is 1. The molecule has 0 fully saturated rings. The average Bonchev–Trinajstić information content (AvgIpc) is 2.39. The van der Waals surface area contributed by atoms with E-state index in [2.05, 4.69) is 4.98 Å². The van der Waals surface area contributed by atoms with Crippen LogP contribution in [0, 0.1) is 5.82 Å². The molecule has 2 rings (SSSR count). The number of fused-ring (bicyclic) bond motifs is 1. The second-order valence-electron chi connectivity index (χ2n) is 5.70. The molecule has 1 heterocycles. The number of halogens is 1. The summed E-state index contributed by atoms with van der Waals surface area (Å²) in [6.45, 7) is 10.3. The molecule has 3 nitrogen and oxygen atoms in total. The van der Waals surface area contributed by atoms with Gasteiger partial charge in [0.15, 0.2) is 0 Å². The van der Waals surface area contributed by atoms with E-state index in [9.17, 15) is 4.39 Å². The Morgan fingerprint density at radius 1 is 1.05 bits per heavy atom. The van der Waals surface area contributed by atoms with E-state index in [1.807, 2.05) is 13.8 Å². The fourth-order valence-corrected chi connectivity index (χ4v) is 1.17. The average molecular weight is 305 g/mol. The normalized spacial score (nSPS) is 11.1. The highest BCUT2D eigenvalue weighted by atomic mass is 19.1. The number of aliphatic hydroxyl groups is 2. The molecule has 2 radical (unpaired) electrons. The SMILES string of the molecule is CC.CC(C)(O)C(C)(C)O.[B]c1cc(F)c2ncccc2c1. The molecule has 1 aromatic carbocycles. The van der Waals surface area contributed by atoms with Crippen molar-refractivity contribution in [3.05, 3.63) is 36.3 Å². The smallest absolute Gasteiger partial charge is 0.148 e. The number of hydrogen-bond acceptors (Lipinski definition) is 3. The van der Waals surface area contributed by atoms with Gasteiger partial charge in [0.05, 0.1) is 11.2 Å². The minimum atomic E-state index is -1.01. The maximum absolute atomic E-state index is 13.1. The summed E-state index contributed by atoms with van der Waals surface area (Å²) < 4.78 is 13.1. The molecule has 0 spiro atoms. The molecule has 0 saturated heterocycles. The van der Waals surface area contributed by atoms with Crippen LogP contribution in [0.4, 0.5) is 4.39 Å². The predicted molar refractivity (Wildman–Crippen MR) is 91.0 cm³/mol. The molecule has 0 aliphatic rings. The standard InChI is InChI=1S/C9H5BFN.C6H14O2.C2H6/c10-7-4-6-2-1-3-12-9(6)8(11)5-7;1-5(2,7)6(3,4)8;1-2/h1-5H;7-8H,1-4H3;1-2H3. The van der Waals surface area contributed by atoms with Crippen LogP contribution in [-0.4, -0.2) is 34.2 Å². The first-order chi connectivity index (χ1) is 10.0. The number of benzene rings is 1. The van der Waals surface area contributed by atoms with Gasteiger partial charge in [-0.1, -0.05) is 31.4 Å². The molecule has 120 valence electrons. The van der Waals surface area contributed by atoms with Crippen LogP contribution < -0.4 is 5.46 Å². The van der Waals surface area contributed by atoms with Crippen molar-refractivity contribution in [2.45, 2.75) is 52.7 Å². The topological polar surface area (TPSA) is 53.4 Å². The van der Waals surface area contributed by atoms with Crippen LogP contribution in [0.15, 0.2) is 30.5 Å². The minimum absolute atomic E-state index is 0.367. The largest absolute Gasteiger partial charge is 0.387 e. The summed E-state index contributed by atoms with van der Waals surface area (Å²) in [4.78, 5) is 3.89. The van der Waals surface area contributed by atoms with E-state index < -0.39 is 11.2 Å². The van der Waals surface area contributed by atoms with Gasteiger partial charge in [0.25, 0.3) is 0 Å². The molecular weight excluding hydrogens is 280 g/mol. The third kappa shape index (κ3) is 6.12. The van der Waals surface area contributed by atoms with E-state index in [-0.39, 0.29) is 5.82 Å². The molecule has 0 aliphatic carbocycles. The molecule has 22 heavy (non-hydrogen) atoms. The van der Waals surface area contributed by atoms with E-state index in [1.54, 1.807) is 52.1 Å². The Hall–Kier alpha value is -1.46. The molecule has 2 N–H and O–H groups in total. The predicted octanol–water partition coefficient (Wildman–Crippen LogP) is 2.72. The first kappa shape index (κ1) is 20.5. The van der Waals surface area contributed by atoms with Gasteiger partial charge in [-0.2, -0.15) is 0 Å². The summed E-state index contributed by atoms with van der Waals surface area (Å²) in [5.74, 6) is -0.370. The van der Waals surface area contributed by atoms with Crippen LogP contribution in [0.1, 0.15) is 41.5 Å². The van der Waals surface area contributed by atoms with Crippen LogP contribution in [0.5, 0.6) is 0 Å². The summed E-state index contributed by atoms with van der Waals surface area (Å²) in [5, 5.41) is 18.9. The fraction of sp³-hybridized carbons (Fsp3) is 0.471. The van der Waals surface area contributed by atoms with Gasteiger partial charge in [-0.05, 0) is 39.8 Å². The molecule has 0 atom stereocenters. The van der Waals surface area contributed by atoms with Crippen molar-refractivity contribution in [3.63, 3.8) is 0 Å². The molecule has 0 saturated carbocycles. The number of rotatable bonds is 1. The van der Waals surface area contributed by atoms with Crippen molar-refractivity contribution >= 4 is 24.2 Å². The second kappa shape index (κ2) is 8.25. The van der Waals surface area contributed by atoms with Crippen molar-refractivity contribution in [1.29, 1.82) is 0 Å². The zero-order valence-electron chi connectivity index (χ0n) is 14.2. The third-order valence-corrected chi connectivity index (χ3v) is 3.18. The van der Waals surface area contributed by atoms with Crippen molar-refractivity contribution in [2.75, 3.05) is 0 Å². The van der Waals surface area contributed by atoms with Gasteiger partial charge in [-0.15, -0.1) is 0 Å². The van der Waals surface area contributed by atoms with E-state index in [0.29, 0.717) is 11.0 Å². The van der Waals surface area contributed by atoms with Gasteiger partial charge in [0, 0.05) is 11.6 Å². The molecule has 2 aromatic rings. The van der Waals surface area contributed by atoms with Crippen molar-refractivity contribution in [1.82, 2.24) is 4.98 Å². The Morgan fingerprint density at radius 3 is 2.00 bits per heavy atom. The molecule has 0 aliphatic heterocycles. The first-order valence-corrected chi connectivity index (χ1v) is 7.27. The Morgan fingerprint density at radius 2 is 1.55 bits per heavy atom. The van der Waals surface area contributed by atoms with Crippen molar-refractivity contribution < 1.29 is 14.6 Å². The van der Waals surface area contributed by atoms with E-state index in [0.717, 1.165) is 5.39 Å². The summed E-state index contributed by atoms with van der Waals surface area (Å²) in [6, 6.07) is 6.50. The van der Waals surface area contributed by atoms with Crippen molar-refractivity contribution in [3.8, 4) is 0 Å². The maximum atomic E-state index is 13.1. The minimum Gasteiger partial charge on any atom is -0.387 e. The third-order valence-electron chi connectivity index (χ3n) is 3.18. The van der Waals surface area contributed by atoms with Crippen LogP contribution in [0.3, 0.4) is 0 Å². The number of hydrogen-bond donors (Lipinski definition) is 2. The number of aromatic nitrogens is 1. The Balaban J connectivity index is 0.000000388. The monoisotopic (exact) mass is 305 g/mol. The highest BCUT2D eigenvalue weighted by molar-refractivity contribution is 6.33. The van der Waals surface area contributed by atoms with Crippen LogP contribution in [0.2, 0.25) is 0 Å². The molecule has 1 aromatic heterocycles. The summed E-state index contributed by atoms with van der Waals surface area (Å²) in [5.41, 5.74) is -1.22. The van der Waals surface area contributed by atoms with E-state index in [4.69, 9.17) is 18.1 Å². The van der Waals surface area contributed by atoms with Gasteiger partial charge in [0.2, 0.25) is 0 Å². The Labute approximate surface area is 133 Å². The molecule has 0 bridgehead atoms. The summed E-state index contributed by atoms with van der Waals surface area (Å²) >= 11 is 0. The molecule has 5 heteroatoms. The first-order valence-electron chi connectivity index (χ1n) is 7.27. The van der Waals surface area contributed by atoms with E-state index in [1.165, 1.54) is 6.07 Å². The maximum Gasteiger partial charge on any atom is 0.148 e. The second-order valence-corrected chi connectivity index (χ2v) is 5.70. The van der Waals surface area contributed by atoms with Gasteiger partial charge in [-0.3, -0.25) is 4.98 Å². The molecule has 0 amide bonds.